The van der Waals surface area contributed by atoms with E-state index >= 15 is 0 Å². The van der Waals surface area contributed by atoms with Gasteiger partial charge in [0.15, 0.2) is 0 Å². The minimum Gasteiger partial charge on any atom is -0.276 e. The summed E-state index contributed by atoms with van der Waals surface area (Å²) >= 11 is 0. The molecule has 1 aliphatic heterocycles. The lowest BCUT2D eigenvalue weighted by Gasteiger charge is -2.39. The largest absolute Gasteiger partial charge is 0.335 e. The lowest BCUT2D eigenvalue weighted by Crippen LogP contribution is -2.63. The first kappa shape index (κ1) is 14.5. The number of hydrogen-bond donors (Lipinski definition) is 1. The number of barbiturate groups is 1. The molecule has 1 N–H and O–H groups in total. The number of anilines is 1. The number of carbonyl (C=O) groups excluding carboxylic acids is 3. The van der Waals surface area contributed by atoms with E-state index in [9.17, 15) is 14.4 Å². The van der Waals surface area contributed by atoms with Crippen molar-refractivity contribution in [2.24, 2.45) is 5.41 Å². The zero-order valence-electron chi connectivity index (χ0n) is 12.5. The van der Waals surface area contributed by atoms with E-state index in [1.807, 2.05) is 12.1 Å². The number of hydrogen-bond acceptors (Lipinski definition) is 3. The number of imide groups is 2. The molecule has 3 rings (SSSR count). The van der Waals surface area contributed by atoms with Gasteiger partial charge in [-0.25, -0.2) is 9.69 Å². The van der Waals surface area contributed by atoms with Crippen LogP contribution in [0.15, 0.2) is 42.0 Å². The zero-order valence-corrected chi connectivity index (χ0v) is 12.5. The Morgan fingerprint density at radius 3 is 2.45 bits per heavy atom. The summed E-state index contributed by atoms with van der Waals surface area (Å²) in [5.41, 5.74) is -0.0146. The van der Waals surface area contributed by atoms with Crippen LogP contribution in [0.3, 0.4) is 0 Å². The first-order valence-electron chi connectivity index (χ1n) is 7.49. The van der Waals surface area contributed by atoms with Crippen molar-refractivity contribution in [3.63, 3.8) is 0 Å². The lowest BCUT2D eigenvalue weighted by molar-refractivity contribution is -0.139. The van der Waals surface area contributed by atoms with Crippen LogP contribution in [-0.2, 0) is 9.59 Å². The van der Waals surface area contributed by atoms with E-state index in [1.165, 1.54) is 0 Å². The van der Waals surface area contributed by atoms with Crippen molar-refractivity contribution in [1.29, 1.82) is 0 Å². The second-order valence-corrected chi connectivity index (χ2v) is 5.84. The molecule has 1 unspecified atom stereocenters. The van der Waals surface area contributed by atoms with Crippen LogP contribution in [0.5, 0.6) is 0 Å². The molecule has 1 atom stereocenters. The average Bonchev–Trinajstić information content (AvgIpc) is 2.54. The summed E-state index contributed by atoms with van der Waals surface area (Å²) in [5.74, 6) is -0.997. The topological polar surface area (TPSA) is 66.5 Å². The summed E-state index contributed by atoms with van der Waals surface area (Å²) in [6.45, 7) is 1.62. The van der Waals surface area contributed by atoms with Gasteiger partial charge in [0.25, 0.3) is 5.91 Å². The highest BCUT2D eigenvalue weighted by molar-refractivity contribution is 6.31. The third-order valence-corrected chi connectivity index (χ3v) is 4.46. The minimum atomic E-state index is -1.30. The summed E-state index contributed by atoms with van der Waals surface area (Å²) in [5, 5.41) is 2.33. The molecule has 2 aliphatic rings. The molecule has 0 saturated carbocycles. The van der Waals surface area contributed by atoms with E-state index in [2.05, 4.69) is 5.32 Å². The van der Waals surface area contributed by atoms with Crippen LogP contribution in [0.4, 0.5) is 10.5 Å². The molecule has 0 bridgehead atoms. The Kier molecular flexibility index (Phi) is 3.56. The van der Waals surface area contributed by atoms with E-state index in [4.69, 9.17) is 0 Å². The molecule has 4 amide bonds. The number of nitrogens with zero attached hydrogens (tertiary/aromatic N) is 1. The van der Waals surface area contributed by atoms with Crippen molar-refractivity contribution in [2.45, 2.75) is 32.6 Å². The molecule has 1 heterocycles. The van der Waals surface area contributed by atoms with Crippen molar-refractivity contribution in [2.75, 3.05) is 4.90 Å². The number of rotatable bonds is 2. The van der Waals surface area contributed by atoms with Crippen LogP contribution < -0.4 is 10.2 Å². The van der Waals surface area contributed by atoms with Gasteiger partial charge in [0.05, 0.1) is 5.69 Å². The average molecular weight is 298 g/mol. The van der Waals surface area contributed by atoms with Crippen LogP contribution >= 0.6 is 0 Å². The SMILES string of the molecule is CC1(C2=CCCCC2)C(=O)NC(=O)N(c2ccccc2)C1=O. The normalized spacial score (nSPS) is 25.8. The summed E-state index contributed by atoms with van der Waals surface area (Å²) in [7, 11) is 0. The van der Waals surface area contributed by atoms with Gasteiger partial charge in [-0.3, -0.25) is 14.9 Å². The molecule has 1 aliphatic carbocycles. The number of allylic oxidation sites excluding steroid dienone is 1. The summed E-state index contributed by atoms with van der Waals surface area (Å²) in [6, 6.07) is 8.00. The van der Waals surface area contributed by atoms with E-state index < -0.39 is 23.3 Å². The van der Waals surface area contributed by atoms with Crippen molar-refractivity contribution >= 4 is 23.5 Å². The number of nitrogens with one attached hydrogen (secondary N) is 1. The Balaban J connectivity index is 2.04. The Hall–Kier alpha value is -2.43. The molecule has 1 aromatic carbocycles. The van der Waals surface area contributed by atoms with Gasteiger partial charge in [0.1, 0.15) is 5.41 Å². The van der Waals surface area contributed by atoms with E-state index in [1.54, 1.807) is 31.2 Å². The van der Waals surface area contributed by atoms with Gasteiger partial charge in [-0.2, -0.15) is 0 Å². The zero-order chi connectivity index (χ0) is 15.7. The van der Waals surface area contributed by atoms with Gasteiger partial charge in [-0.1, -0.05) is 24.3 Å². The lowest BCUT2D eigenvalue weighted by atomic mass is 9.74. The van der Waals surface area contributed by atoms with Gasteiger partial charge in [-0.15, -0.1) is 0 Å². The van der Waals surface area contributed by atoms with E-state index in [-0.39, 0.29) is 0 Å². The van der Waals surface area contributed by atoms with Crippen molar-refractivity contribution in [1.82, 2.24) is 5.32 Å². The number of benzene rings is 1. The van der Waals surface area contributed by atoms with E-state index in [0.29, 0.717) is 12.1 Å². The van der Waals surface area contributed by atoms with Gasteiger partial charge < -0.3 is 0 Å². The van der Waals surface area contributed by atoms with Crippen molar-refractivity contribution in [3.05, 3.63) is 42.0 Å². The highest BCUT2D eigenvalue weighted by atomic mass is 16.2. The molecule has 22 heavy (non-hydrogen) atoms. The molecule has 0 spiro atoms. The molecule has 5 heteroatoms. The van der Waals surface area contributed by atoms with Crippen molar-refractivity contribution < 1.29 is 14.4 Å². The van der Waals surface area contributed by atoms with Crippen LogP contribution in [0.2, 0.25) is 0 Å². The maximum absolute atomic E-state index is 13.0. The van der Waals surface area contributed by atoms with Gasteiger partial charge in [0, 0.05) is 0 Å². The molecule has 0 radical (unpaired) electrons. The summed E-state index contributed by atoms with van der Waals surface area (Å²) in [4.78, 5) is 38.6. The van der Waals surface area contributed by atoms with Crippen LogP contribution in [0, 0.1) is 5.41 Å². The molecule has 1 aromatic rings. The molecule has 5 nitrogen and oxygen atoms in total. The monoisotopic (exact) mass is 298 g/mol. The highest BCUT2D eigenvalue weighted by Gasteiger charge is 2.53. The standard InChI is InChI=1S/C17H18N2O3/c1-17(12-8-4-2-5-9-12)14(20)18-16(22)19(15(17)21)13-10-6-3-7-11-13/h3,6-8,10-11H,2,4-5,9H2,1H3,(H,18,20,22). The first-order valence-corrected chi connectivity index (χ1v) is 7.49. The smallest absolute Gasteiger partial charge is 0.276 e. The molecular formula is C17H18N2O3. The molecule has 114 valence electrons. The van der Waals surface area contributed by atoms with E-state index in [0.717, 1.165) is 29.7 Å². The maximum Gasteiger partial charge on any atom is 0.335 e. The van der Waals surface area contributed by atoms with Crippen molar-refractivity contribution in [3.8, 4) is 0 Å². The second-order valence-electron chi connectivity index (χ2n) is 5.84. The summed E-state index contributed by atoms with van der Waals surface area (Å²) < 4.78 is 0. The Bertz CT molecular complexity index is 666. The third-order valence-electron chi connectivity index (χ3n) is 4.46. The number of amides is 4. The first-order chi connectivity index (χ1) is 10.5. The van der Waals surface area contributed by atoms with Crippen LogP contribution in [0.25, 0.3) is 0 Å². The van der Waals surface area contributed by atoms with Gasteiger partial charge >= 0.3 is 6.03 Å². The quantitative estimate of drug-likeness (QED) is 0.674. The highest BCUT2D eigenvalue weighted by Crippen LogP contribution is 2.39. The molecule has 1 fully saturated rings. The predicted octanol–water partition coefficient (Wildman–Crippen LogP) is 2.78. The maximum atomic E-state index is 13.0. The fraction of sp³-hybridized carbons (Fsp3) is 0.353. The molecule has 1 saturated heterocycles. The third kappa shape index (κ3) is 2.13. The van der Waals surface area contributed by atoms with Gasteiger partial charge in [0.2, 0.25) is 5.91 Å². The summed E-state index contributed by atoms with van der Waals surface area (Å²) in [6.07, 6.45) is 5.58. The minimum absolute atomic E-state index is 0.472. The number of urea groups is 1. The molecule has 0 aromatic heterocycles. The fourth-order valence-electron chi connectivity index (χ4n) is 3.08. The molecular weight excluding hydrogens is 280 g/mol. The van der Waals surface area contributed by atoms with Crippen LogP contribution in [0.1, 0.15) is 32.6 Å². The van der Waals surface area contributed by atoms with Crippen LogP contribution in [-0.4, -0.2) is 17.8 Å². The van der Waals surface area contributed by atoms with Gasteiger partial charge in [-0.05, 0) is 50.3 Å². The Labute approximate surface area is 129 Å². The fourth-order valence-corrected chi connectivity index (χ4v) is 3.08. The second kappa shape index (κ2) is 5.40. The Morgan fingerprint density at radius 2 is 1.82 bits per heavy atom. The predicted molar refractivity (Wildman–Crippen MR) is 82.1 cm³/mol. The Morgan fingerprint density at radius 1 is 1.09 bits per heavy atom. The number of para-hydroxylation sites is 1. The number of carbonyl (C=O) groups is 3.